The molecule has 0 spiro atoms. The average Bonchev–Trinajstić information content (AvgIpc) is 2.71. The zero-order valence-electron chi connectivity index (χ0n) is 16.9. The number of sulfonamides is 1. The van der Waals surface area contributed by atoms with Crippen molar-refractivity contribution < 1.29 is 17.6 Å². The van der Waals surface area contributed by atoms with Gasteiger partial charge in [0.05, 0.1) is 16.6 Å². The normalized spacial score (nSPS) is 12.3. The molecule has 0 saturated carbocycles. The minimum Gasteiger partial charge on any atom is -0.346 e. The summed E-state index contributed by atoms with van der Waals surface area (Å²) < 4.78 is 41.3. The van der Waals surface area contributed by atoms with Gasteiger partial charge in [-0.15, -0.1) is 0 Å². The first-order valence-electron chi connectivity index (χ1n) is 9.43. The molecule has 0 aliphatic heterocycles. The van der Waals surface area contributed by atoms with Gasteiger partial charge in [-0.3, -0.25) is 9.52 Å². The summed E-state index contributed by atoms with van der Waals surface area (Å²) in [6.07, 6.45) is 0. The van der Waals surface area contributed by atoms with Crippen molar-refractivity contribution in [1.82, 2.24) is 5.32 Å². The van der Waals surface area contributed by atoms with E-state index >= 15 is 0 Å². The van der Waals surface area contributed by atoms with E-state index < -0.39 is 21.7 Å². The van der Waals surface area contributed by atoms with Crippen molar-refractivity contribution in [2.75, 3.05) is 4.72 Å². The van der Waals surface area contributed by atoms with Gasteiger partial charge in [-0.05, 0) is 62.2 Å². The van der Waals surface area contributed by atoms with Crippen LogP contribution in [0.1, 0.15) is 40.0 Å². The van der Waals surface area contributed by atoms with Gasteiger partial charge < -0.3 is 5.32 Å². The van der Waals surface area contributed by atoms with Crippen LogP contribution in [0.2, 0.25) is 0 Å². The van der Waals surface area contributed by atoms with Crippen LogP contribution in [0.15, 0.2) is 71.6 Å². The number of amides is 1. The molecule has 1 atom stereocenters. The Morgan fingerprint density at radius 1 is 0.967 bits per heavy atom. The summed E-state index contributed by atoms with van der Waals surface area (Å²) in [5.74, 6) is -1.08. The first kappa shape index (κ1) is 21.5. The Labute approximate surface area is 176 Å². The molecule has 2 N–H and O–H groups in total. The number of benzene rings is 3. The molecular formula is C23H23FN2O3S. The zero-order valence-corrected chi connectivity index (χ0v) is 17.8. The van der Waals surface area contributed by atoms with Gasteiger partial charge >= 0.3 is 0 Å². The van der Waals surface area contributed by atoms with Gasteiger partial charge in [0.1, 0.15) is 5.82 Å². The van der Waals surface area contributed by atoms with E-state index in [4.69, 9.17) is 0 Å². The lowest BCUT2D eigenvalue weighted by Gasteiger charge is -2.18. The Morgan fingerprint density at radius 3 is 2.43 bits per heavy atom. The number of hydrogen-bond acceptors (Lipinski definition) is 3. The molecule has 0 bridgehead atoms. The molecule has 0 fully saturated rings. The quantitative estimate of drug-likeness (QED) is 0.598. The number of nitrogens with one attached hydrogen (secondary N) is 2. The highest BCUT2D eigenvalue weighted by atomic mass is 32.2. The fourth-order valence-electron chi connectivity index (χ4n) is 3.14. The molecule has 30 heavy (non-hydrogen) atoms. The topological polar surface area (TPSA) is 75.3 Å². The molecule has 0 aromatic heterocycles. The first-order chi connectivity index (χ1) is 14.2. The lowest BCUT2D eigenvalue weighted by atomic mass is 10.00. The molecule has 0 aliphatic rings. The first-order valence-corrected chi connectivity index (χ1v) is 10.9. The smallest absolute Gasteiger partial charge is 0.262 e. The molecule has 3 rings (SSSR count). The summed E-state index contributed by atoms with van der Waals surface area (Å²) in [7, 11) is -4.05. The summed E-state index contributed by atoms with van der Waals surface area (Å²) >= 11 is 0. The molecule has 1 unspecified atom stereocenters. The third-order valence-electron chi connectivity index (χ3n) is 4.77. The molecule has 1 amide bonds. The number of carbonyl (C=O) groups is 1. The molecule has 0 aliphatic carbocycles. The van der Waals surface area contributed by atoms with Crippen LogP contribution in [0.5, 0.6) is 0 Å². The van der Waals surface area contributed by atoms with E-state index in [1.54, 1.807) is 0 Å². The zero-order chi connectivity index (χ0) is 21.9. The number of aryl methyl sites for hydroxylation is 2. The van der Waals surface area contributed by atoms with Crippen molar-refractivity contribution in [2.45, 2.75) is 31.7 Å². The fourth-order valence-corrected chi connectivity index (χ4v) is 4.25. The van der Waals surface area contributed by atoms with Crippen molar-refractivity contribution in [3.8, 4) is 0 Å². The van der Waals surface area contributed by atoms with E-state index in [0.29, 0.717) is 0 Å². The number of para-hydroxylation sites is 1. The van der Waals surface area contributed by atoms with E-state index in [1.165, 1.54) is 42.5 Å². The highest BCUT2D eigenvalue weighted by molar-refractivity contribution is 7.92. The standard InChI is InChI=1S/C23H23FN2O3S/c1-15-11-12-16(2)20(13-15)17(3)25-23(27)18-7-6-8-19(14-18)30(28,29)26-22-10-5-4-9-21(22)24/h4-14,17,26H,1-3H3,(H,25,27). The Hall–Kier alpha value is -3.19. The van der Waals surface area contributed by atoms with Crippen LogP contribution in [0.4, 0.5) is 10.1 Å². The van der Waals surface area contributed by atoms with Gasteiger partial charge in [-0.2, -0.15) is 0 Å². The molecule has 3 aromatic carbocycles. The second kappa shape index (κ2) is 8.67. The molecule has 156 valence electrons. The highest BCUT2D eigenvalue weighted by Gasteiger charge is 2.19. The Balaban J connectivity index is 1.81. The van der Waals surface area contributed by atoms with Crippen LogP contribution in [-0.2, 0) is 10.0 Å². The third kappa shape index (κ3) is 4.86. The highest BCUT2D eigenvalue weighted by Crippen LogP contribution is 2.22. The van der Waals surface area contributed by atoms with Crippen LogP contribution in [0, 0.1) is 19.7 Å². The van der Waals surface area contributed by atoms with Gasteiger partial charge in [0.2, 0.25) is 0 Å². The van der Waals surface area contributed by atoms with Crippen molar-refractivity contribution in [1.29, 1.82) is 0 Å². The van der Waals surface area contributed by atoms with E-state index in [9.17, 15) is 17.6 Å². The summed E-state index contributed by atoms with van der Waals surface area (Å²) in [4.78, 5) is 12.6. The van der Waals surface area contributed by atoms with Gasteiger partial charge in [0.15, 0.2) is 0 Å². The number of rotatable bonds is 6. The summed E-state index contributed by atoms with van der Waals surface area (Å²) in [5, 5.41) is 2.90. The fraction of sp³-hybridized carbons (Fsp3) is 0.174. The number of anilines is 1. The average molecular weight is 427 g/mol. The summed E-state index contributed by atoms with van der Waals surface area (Å²) in [5.41, 5.74) is 3.18. The molecule has 3 aromatic rings. The van der Waals surface area contributed by atoms with Gasteiger partial charge in [-0.25, -0.2) is 12.8 Å². The minimum absolute atomic E-state index is 0.127. The predicted octanol–water partition coefficient (Wildman–Crippen LogP) is 4.73. The predicted molar refractivity (Wildman–Crippen MR) is 115 cm³/mol. The molecule has 0 saturated heterocycles. The second-order valence-corrected chi connectivity index (χ2v) is 8.85. The van der Waals surface area contributed by atoms with Crippen LogP contribution in [0.25, 0.3) is 0 Å². The van der Waals surface area contributed by atoms with Crippen molar-refractivity contribution in [3.63, 3.8) is 0 Å². The second-order valence-electron chi connectivity index (χ2n) is 7.17. The maximum absolute atomic E-state index is 13.8. The SMILES string of the molecule is Cc1ccc(C)c(C(C)NC(=O)c2cccc(S(=O)(=O)Nc3ccccc3F)c2)c1. The summed E-state index contributed by atoms with van der Waals surface area (Å²) in [6, 6.07) is 16.9. The molecule has 7 heteroatoms. The number of hydrogen-bond donors (Lipinski definition) is 2. The third-order valence-corrected chi connectivity index (χ3v) is 6.14. The molecule has 5 nitrogen and oxygen atoms in total. The number of carbonyl (C=O) groups excluding carboxylic acids is 1. The van der Waals surface area contributed by atoms with Gasteiger partial charge in [-0.1, -0.05) is 42.0 Å². The van der Waals surface area contributed by atoms with Crippen molar-refractivity contribution in [3.05, 3.63) is 94.8 Å². The van der Waals surface area contributed by atoms with E-state index in [-0.39, 0.29) is 22.2 Å². The van der Waals surface area contributed by atoms with E-state index in [2.05, 4.69) is 10.0 Å². The summed E-state index contributed by atoms with van der Waals surface area (Å²) in [6.45, 7) is 5.83. The van der Waals surface area contributed by atoms with E-state index in [0.717, 1.165) is 22.8 Å². The molecule has 0 radical (unpaired) electrons. The van der Waals surface area contributed by atoms with Crippen LogP contribution in [-0.4, -0.2) is 14.3 Å². The van der Waals surface area contributed by atoms with Crippen LogP contribution < -0.4 is 10.0 Å². The maximum Gasteiger partial charge on any atom is 0.262 e. The largest absolute Gasteiger partial charge is 0.346 e. The van der Waals surface area contributed by atoms with Crippen LogP contribution >= 0.6 is 0 Å². The van der Waals surface area contributed by atoms with Gasteiger partial charge in [0, 0.05) is 5.56 Å². The van der Waals surface area contributed by atoms with Gasteiger partial charge in [0.25, 0.3) is 15.9 Å². The molecular weight excluding hydrogens is 403 g/mol. The van der Waals surface area contributed by atoms with Crippen molar-refractivity contribution in [2.24, 2.45) is 0 Å². The maximum atomic E-state index is 13.8. The van der Waals surface area contributed by atoms with Crippen molar-refractivity contribution >= 4 is 21.6 Å². The molecule has 0 heterocycles. The van der Waals surface area contributed by atoms with Crippen LogP contribution in [0.3, 0.4) is 0 Å². The van der Waals surface area contributed by atoms with E-state index in [1.807, 2.05) is 39.0 Å². The lowest BCUT2D eigenvalue weighted by molar-refractivity contribution is 0.0939. The number of halogens is 1. The monoisotopic (exact) mass is 426 g/mol. The Morgan fingerprint density at radius 2 is 1.70 bits per heavy atom. The Kier molecular flexibility index (Phi) is 6.22. The minimum atomic E-state index is -4.05. The lowest BCUT2D eigenvalue weighted by Crippen LogP contribution is -2.27. The Bertz CT molecular complexity index is 1190.